The molecule has 1 saturated heterocycles. The molecule has 0 aromatic rings. The van der Waals surface area contributed by atoms with Gasteiger partial charge in [0.2, 0.25) is 5.91 Å². The molecular weight excluding hydrogens is 332 g/mol. The Kier molecular flexibility index (Phi) is 15.9. The zero-order chi connectivity index (χ0) is 19.6. The number of unbranched alkanes of at least 4 members (excludes halogenated alkanes) is 14. The van der Waals surface area contributed by atoms with E-state index in [1.807, 2.05) is 0 Å². The van der Waals surface area contributed by atoms with Crippen molar-refractivity contribution in [1.29, 1.82) is 0 Å². The maximum absolute atomic E-state index is 12.3. The van der Waals surface area contributed by atoms with Crippen molar-refractivity contribution in [3.8, 4) is 0 Å². The summed E-state index contributed by atoms with van der Waals surface area (Å²) >= 11 is 0. The van der Waals surface area contributed by atoms with Crippen LogP contribution in [0.2, 0.25) is 0 Å². The van der Waals surface area contributed by atoms with Crippen molar-refractivity contribution in [1.82, 2.24) is 9.80 Å². The fourth-order valence-corrected chi connectivity index (χ4v) is 4.10. The molecule has 0 unspecified atom stereocenters. The number of nitrogens with zero attached hydrogens (tertiary/aromatic N) is 2. The average molecular weight is 381 g/mol. The number of likely N-dealkylation sites (N-methyl/N-ethyl adjacent to an activating group) is 1. The van der Waals surface area contributed by atoms with E-state index in [0.29, 0.717) is 5.91 Å². The molecule has 0 aliphatic carbocycles. The fourth-order valence-electron chi connectivity index (χ4n) is 4.10. The second-order valence-corrected chi connectivity index (χ2v) is 8.74. The van der Waals surface area contributed by atoms with Crippen molar-refractivity contribution in [2.24, 2.45) is 0 Å². The summed E-state index contributed by atoms with van der Waals surface area (Å²) in [4.78, 5) is 16.7. The molecular formula is C24H48N2O. The Labute approximate surface area is 170 Å². The van der Waals surface area contributed by atoms with Crippen LogP contribution in [0.1, 0.15) is 116 Å². The number of carbonyl (C=O) groups is 1. The predicted octanol–water partition coefficient (Wildman–Crippen LogP) is 6.41. The van der Waals surface area contributed by atoms with Crippen LogP contribution in [0.15, 0.2) is 0 Å². The Morgan fingerprint density at radius 3 is 1.63 bits per heavy atom. The molecule has 1 rings (SSSR count). The molecule has 3 heteroatoms. The highest BCUT2D eigenvalue weighted by molar-refractivity contribution is 5.76. The zero-order valence-corrected chi connectivity index (χ0v) is 18.7. The topological polar surface area (TPSA) is 23.6 Å². The van der Waals surface area contributed by atoms with Gasteiger partial charge in [-0.2, -0.15) is 0 Å². The first kappa shape index (κ1) is 24.5. The van der Waals surface area contributed by atoms with Crippen molar-refractivity contribution in [3.05, 3.63) is 0 Å². The quantitative estimate of drug-likeness (QED) is 0.289. The van der Waals surface area contributed by atoms with Gasteiger partial charge in [0.05, 0.1) is 0 Å². The summed E-state index contributed by atoms with van der Waals surface area (Å²) < 4.78 is 0. The van der Waals surface area contributed by atoms with Crippen LogP contribution in [0.3, 0.4) is 0 Å². The fraction of sp³-hybridized carbons (Fsp3) is 0.958. The molecule has 1 heterocycles. The standard InChI is InChI=1S/C24H48N2O/c1-3-4-5-6-7-8-9-10-11-12-13-14-15-16-17-19-24(27)26-21-18-20-25(2)22-23-26/h3-23H2,1-2H3. The van der Waals surface area contributed by atoms with Gasteiger partial charge in [-0.05, 0) is 26.4 Å². The second-order valence-electron chi connectivity index (χ2n) is 8.74. The van der Waals surface area contributed by atoms with Crippen LogP contribution in [0, 0.1) is 0 Å². The summed E-state index contributed by atoms with van der Waals surface area (Å²) in [5, 5.41) is 0. The SMILES string of the molecule is CCCCCCCCCCCCCCCCCC(=O)N1CCCN(C)CC1. The lowest BCUT2D eigenvalue weighted by Crippen LogP contribution is -2.34. The first-order valence-corrected chi connectivity index (χ1v) is 12.2. The van der Waals surface area contributed by atoms with Gasteiger partial charge in [-0.1, -0.05) is 96.8 Å². The van der Waals surface area contributed by atoms with Gasteiger partial charge in [0.25, 0.3) is 0 Å². The molecule has 0 atom stereocenters. The van der Waals surface area contributed by atoms with E-state index in [-0.39, 0.29) is 0 Å². The molecule has 1 aliphatic rings. The number of hydrogen-bond donors (Lipinski definition) is 0. The normalized spacial score (nSPS) is 15.9. The van der Waals surface area contributed by atoms with E-state index in [0.717, 1.165) is 45.4 Å². The lowest BCUT2D eigenvalue weighted by atomic mass is 10.0. The summed E-state index contributed by atoms with van der Waals surface area (Å²) in [6, 6.07) is 0. The molecule has 0 bridgehead atoms. The van der Waals surface area contributed by atoms with Crippen LogP contribution < -0.4 is 0 Å². The van der Waals surface area contributed by atoms with Crippen LogP contribution in [-0.4, -0.2) is 48.9 Å². The molecule has 0 spiro atoms. The summed E-state index contributed by atoms with van der Waals surface area (Å²) in [6.45, 7) is 6.33. The first-order valence-electron chi connectivity index (χ1n) is 12.2. The van der Waals surface area contributed by atoms with Crippen molar-refractivity contribution < 1.29 is 4.79 Å². The van der Waals surface area contributed by atoms with Crippen molar-refractivity contribution in [3.63, 3.8) is 0 Å². The molecule has 0 aromatic heterocycles. The van der Waals surface area contributed by atoms with Crippen LogP contribution >= 0.6 is 0 Å². The van der Waals surface area contributed by atoms with E-state index >= 15 is 0 Å². The number of carbonyl (C=O) groups excluding carboxylic acids is 1. The molecule has 1 amide bonds. The lowest BCUT2D eigenvalue weighted by Gasteiger charge is -2.20. The van der Waals surface area contributed by atoms with Crippen molar-refractivity contribution >= 4 is 5.91 Å². The summed E-state index contributed by atoms with van der Waals surface area (Å²) in [6.07, 6.45) is 22.6. The summed E-state index contributed by atoms with van der Waals surface area (Å²) in [5.74, 6) is 0.389. The Balaban J connectivity index is 1.80. The third-order valence-corrected chi connectivity index (χ3v) is 6.07. The van der Waals surface area contributed by atoms with E-state index in [1.54, 1.807) is 0 Å². The van der Waals surface area contributed by atoms with Crippen LogP contribution in [0.25, 0.3) is 0 Å². The van der Waals surface area contributed by atoms with Gasteiger partial charge < -0.3 is 9.80 Å². The lowest BCUT2D eigenvalue weighted by molar-refractivity contribution is -0.131. The Hall–Kier alpha value is -0.570. The predicted molar refractivity (Wildman–Crippen MR) is 118 cm³/mol. The number of hydrogen-bond acceptors (Lipinski definition) is 2. The van der Waals surface area contributed by atoms with Crippen molar-refractivity contribution in [2.45, 2.75) is 116 Å². The van der Waals surface area contributed by atoms with E-state index in [1.165, 1.54) is 89.9 Å². The molecule has 0 N–H and O–H groups in total. The third kappa shape index (κ3) is 14.1. The smallest absolute Gasteiger partial charge is 0.222 e. The van der Waals surface area contributed by atoms with Gasteiger partial charge >= 0.3 is 0 Å². The Bertz CT molecular complexity index is 345. The molecule has 27 heavy (non-hydrogen) atoms. The van der Waals surface area contributed by atoms with Gasteiger partial charge in [-0.3, -0.25) is 4.79 Å². The number of amides is 1. The Morgan fingerprint density at radius 1 is 0.630 bits per heavy atom. The van der Waals surface area contributed by atoms with Gasteiger partial charge in [0.1, 0.15) is 0 Å². The first-order chi connectivity index (χ1) is 13.2. The van der Waals surface area contributed by atoms with Crippen LogP contribution in [0.4, 0.5) is 0 Å². The molecule has 1 fully saturated rings. The van der Waals surface area contributed by atoms with E-state index in [9.17, 15) is 4.79 Å². The van der Waals surface area contributed by atoms with Gasteiger partial charge in [0, 0.05) is 26.1 Å². The molecule has 160 valence electrons. The molecule has 0 radical (unpaired) electrons. The minimum atomic E-state index is 0.389. The minimum Gasteiger partial charge on any atom is -0.341 e. The largest absolute Gasteiger partial charge is 0.341 e. The second kappa shape index (κ2) is 17.5. The summed E-state index contributed by atoms with van der Waals surface area (Å²) in [5.41, 5.74) is 0. The molecule has 0 saturated carbocycles. The molecule has 3 nitrogen and oxygen atoms in total. The van der Waals surface area contributed by atoms with Gasteiger partial charge in [0.15, 0.2) is 0 Å². The monoisotopic (exact) mass is 380 g/mol. The van der Waals surface area contributed by atoms with Crippen molar-refractivity contribution in [2.75, 3.05) is 33.2 Å². The van der Waals surface area contributed by atoms with E-state index in [4.69, 9.17) is 0 Å². The average Bonchev–Trinajstić information content (AvgIpc) is 2.89. The van der Waals surface area contributed by atoms with E-state index in [2.05, 4.69) is 23.8 Å². The molecule has 1 aliphatic heterocycles. The summed E-state index contributed by atoms with van der Waals surface area (Å²) in [7, 11) is 2.16. The van der Waals surface area contributed by atoms with E-state index < -0.39 is 0 Å². The maximum atomic E-state index is 12.3. The third-order valence-electron chi connectivity index (χ3n) is 6.07. The molecule has 0 aromatic carbocycles. The van der Waals surface area contributed by atoms with Crippen LogP contribution in [-0.2, 0) is 4.79 Å². The van der Waals surface area contributed by atoms with Gasteiger partial charge in [-0.15, -0.1) is 0 Å². The maximum Gasteiger partial charge on any atom is 0.222 e. The Morgan fingerprint density at radius 2 is 1.11 bits per heavy atom. The highest BCUT2D eigenvalue weighted by Crippen LogP contribution is 2.14. The number of rotatable bonds is 16. The highest BCUT2D eigenvalue weighted by Gasteiger charge is 2.16. The van der Waals surface area contributed by atoms with Gasteiger partial charge in [-0.25, -0.2) is 0 Å². The van der Waals surface area contributed by atoms with Crippen LogP contribution in [0.5, 0.6) is 0 Å². The zero-order valence-electron chi connectivity index (χ0n) is 18.7. The highest BCUT2D eigenvalue weighted by atomic mass is 16.2. The minimum absolute atomic E-state index is 0.389.